The molecule has 6 heteroatoms. The number of halogens is 1. The van der Waals surface area contributed by atoms with Gasteiger partial charge in [0.1, 0.15) is 0 Å². The Labute approximate surface area is 122 Å². The fourth-order valence-electron chi connectivity index (χ4n) is 2.27. The Bertz CT molecular complexity index is 246. The van der Waals surface area contributed by atoms with E-state index in [-0.39, 0.29) is 24.4 Å². The normalized spacial score (nSPS) is 18.7. The standard InChI is InChI=1S/C13H27N3O2.ClH/c1-3-4-12(14)13(17)15-11-5-7-16(8-6-11)9-10-18-2;/h11-12H,3-10,14H2,1-2H3,(H,15,17);1H. The second-order valence-electron chi connectivity index (χ2n) is 5.01. The molecule has 1 rings (SSSR count). The zero-order chi connectivity index (χ0) is 13.4. The van der Waals surface area contributed by atoms with Gasteiger partial charge in [0, 0.05) is 32.8 Å². The molecular weight excluding hydrogens is 266 g/mol. The first-order valence-electron chi connectivity index (χ1n) is 6.94. The highest BCUT2D eigenvalue weighted by Crippen LogP contribution is 2.10. The summed E-state index contributed by atoms with van der Waals surface area (Å²) in [7, 11) is 1.72. The Kier molecular flexibility index (Phi) is 10.2. The minimum absolute atomic E-state index is 0. The smallest absolute Gasteiger partial charge is 0.237 e. The molecule has 0 saturated carbocycles. The Balaban J connectivity index is 0.00000324. The lowest BCUT2D eigenvalue weighted by molar-refractivity contribution is -0.123. The number of carbonyl (C=O) groups is 1. The van der Waals surface area contributed by atoms with Crippen LogP contribution in [0.3, 0.4) is 0 Å². The zero-order valence-corrected chi connectivity index (χ0v) is 12.9. The van der Waals surface area contributed by atoms with E-state index in [1.807, 2.05) is 6.92 Å². The van der Waals surface area contributed by atoms with E-state index in [0.29, 0.717) is 6.04 Å². The van der Waals surface area contributed by atoms with Crippen LogP contribution >= 0.6 is 12.4 Å². The predicted molar refractivity (Wildman–Crippen MR) is 79.6 cm³/mol. The summed E-state index contributed by atoms with van der Waals surface area (Å²) >= 11 is 0. The molecule has 1 amide bonds. The molecule has 0 aromatic heterocycles. The van der Waals surface area contributed by atoms with Gasteiger partial charge in [0.25, 0.3) is 0 Å². The minimum atomic E-state index is -0.346. The topological polar surface area (TPSA) is 67.6 Å². The fraction of sp³-hybridized carbons (Fsp3) is 0.923. The molecule has 0 radical (unpaired) electrons. The molecule has 1 fully saturated rings. The van der Waals surface area contributed by atoms with Gasteiger partial charge in [0.2, 0.25) is 5.91 Å². The highest BCUT2D eigenvalue weighted by atomic mass is 35.5. The monoisotopic (exact) mass is 293 g/mol. The highest BCUT2D eigenvalue weighted by molar-refractivity contribution is 5.85. The lowest BCUT2D eigenvalue weighted by Gasteiger charge is -2.32. The zero-order valence-electron chi connectivity index (χ0n) is 12.1. The van der Waals surface area contributed by atoms with Crippen LogP contribution in [0.2, 0.25) is 0 Å². The number of nitrogens with zero attached hydrogens (tertiary/aromatic N) is 1. The van der Waals surface area contributed by atoms with E-state index in [9.17, 15) is 4.79 Å². The maximum Gasteiger partial charge on any atom is 0.237 e. The third kappa shape index (κ3) is 7.11. The summed E-state index contributed by atoms with van der Waals surface area (Å²) in [5.41, 5.74) is 5.80. The van der Waals surface area contributed by atoms with E-state index in [1.165, 1.54) is 0 Å². The molecular formula is C13H28ClN3O2. The van der Waals surface area contributed by atoms with Gasteiger partial charge >= 0.3 is 0 Å². The summed E-state index contributed by atoms with van der Waals surface area (Å²) < 4.78 is 5.07. The molecule has 0 spiro atoms. The number of rotatable bonds is 7. The summed E-state index contributed by atoms with van der Waals surface area (Å²) in [6, 6.07) is -0.0549. The van der Waals surface area contributed by atoms with Gasteiger partial charge in [-0.15, -0.1) is 12.4 Å². The van der Waals surface area contributed by atoms with Crippen LogP contribution in [0.25, 0.3) is 0 Å². The van der Waals surface area contributed by atoms with Gasteiger partial charge in [-0.25, -0.2) is 0 Å². The molecule has 3 N–H and O–H groups in total. The van der Waals surface area contributed by atoms with Crippen molar-refractivity contribution < 1.29 is 9.53 Å². The number of amides is 1. The second-order valence-corrected chi connectivity index (χ2v) is 5.01. The molecule has 0 aliphatic carbocycles. The van der Waals surface area contributed by atoms with Crippen LogP contribution in [0.1, 0.15) is 32.6 Å². The first-order chi connectivity index (χ1) is 8.67. The summed E-state index contributed by atoms with van der Waals surface area (Å²) in [4.78, 5) is 14.2. The number of nitrogens with one attached hydrogen (secondary N) is 1. The van der Waals surface area contributed by atoms with Gasteiger partial charge < -0.3 is 20.7 Å². The number of nitrogens with two attached hydrogens (primary N) is 1. The molecule has 1 aliphatic heterocycles. The maximum atomic E-state index is 11.8. The van der Waals surface area contributed by atoms with E-state index in [1.54, 1.807) is 7.11 Å². The van der Waals surface area contributed by atoms with Crippen LogP contribution in [-0.2, 0) is 9.53 Å². The quantitative estimate of drug-likeness (QED) is 0.727. The summed E-state index contributed by atoms with van der Waals surface area (Å²) in [5, 5.41) is 3.06. The van der Waals surface area contributed by atoms with Gasteiger partial charge in [0.15, 0.2) is 0 Å². The number of hydrogen-bond donors (Lipinski definition) is 2. The van der Waals surface area contributed by atoms with E-state index in [2.05, 4.69) is 10.2 Å². The molecule has 19 heavy (non-hydrogen) atoms. The van der Waals surface area contributed by atoms with Crippen molar-refractivity contribution in [1.29, 1.82) is 0 Å². The van der Waals surface area contributed by atoms with Crippen molar-refractivity contribution in [2.24, 2.45) is 5.73 Å². The minimum Gasteiger partial charge on any atom is -0.383 e. The van der Waals surface area contributed by atoms with E-state index in [0.717, 1.165) is 51.9 Å². The highest BCUT2D eigenvalue weighted by Gasteiger charge is 2.22. The largest absolute Gasteiger partial charge is 0.383 e. The fourth-order valence-corrected chi connectivity index (χ4v) is 2.27. The van der Waals surface area contributed by atoms with E-state index in [4.69, 9.17) is 10.5 Å². The van der Waals surface area contributed by atoms with Crippen LogP contribution < -0.4 is 11.1 Å². The van der Waals surface area contributed by atoms with Crippen molar-refractivity contribution in [2.45, 2.75) is 44.7 Å². The van der Waals surface area contributed by atoms with Crippen LogP contribution in [0.5, 0.6) is 0 Å². The van der Waals surface area contributed by atoms with Crippen LogP contribution in [-0.4, -0.2) is 56.2 Å². The van der Waals surface area contributed by atoms with Crippen molar-refractivity contribution in [2.75, 3.05) is 33.4 Å². The Morgan fingerprint density at radius 3 is 2.63 bits per heavy atom. The van der Waals surface area contributed by atoms with Crippen molar-refractivity contribution in [3.05, 3.63) is 0 Å². The molecule has 1 unspecified atom stereocenters. The Morgan fingerprint density at radius 1 is 1.47 bits per heavy atom. The first-order valence-corrected chi connectivity index (χ1v) is 6.94. The molecule has 114 valence electrons. The number of piperidine rings is 1. The second kappa shape index (κ2) is 10.4. The third-order valence-electron chi connectivity index (χ3n) is 3.48. The number of carbonyl (C=O) groups excluding carboxylic acids is 1. The molecule has 1 heterocycles. The number of ether oxygens (including phenoxy) is 1. The third-order valence-corrected chi connectivity index (χ3v) is 3.48. The van der Waals surface area contributed by atoms with Crippen molar-refractivity contribution in [3.63, 3.8) is 0 Å². The number of likely N-dealkylation sites (tertiary alicyclic amines) is 1. The van der Waals surface area contributed by atoms with Crippen molar-refractivity contribution in [3.8, 4) is 0 Å². The van der Waals surface area contributed by atoms with Crippen LogP contribution in [0.4, 0.5) is 0 Å². The van der Waals surface area contributed by atoms with Crippen molar-refractivity contribution in [1.82, 2.24) is 10.2 Å². The predicted octanol–water partition coefficient (Wildman–Crippen LogP) is 0.763. The maximum absolute atomic E-state index is 11.8. The molecule has 0 aromatic rings. The van der Waals surface area contributed by atoms with Gasteiger partial charge in [0.05, 0.1) is 12.6 Å². The average molecular weight is 294 g/mol. The van der Waals surface area contributed by atoms with Crippen LogP contribution in [0, 0.1) is 0 Å². The number of methoxy groups -OCH3 is 1. The Morgan fingerprint density at radius 2 is 2.11 bits per heavy atom. The summed E-state index contributed by atoms with van der Waals surface area (Å²) in [6.07, 6.45) is 3.73. The lowest BCUT2D eigenvalue weighted by Crippen LogP contribution is -2.49. The number of hydrogen-bond acceptors (Lipinski definition) is 4. The van der Waals surface area contributed by atoms with E-state index < -0.39 is 0 Å². The van der Waals surface area contributed by atoms with E-state index >= 15 is 0 Å². The first kappa shape index (κ1) is 18.6. The SMILES string of the molecule is CCCC(N)C(=O)NC1CCN(CCOC)CC1.Cl. The van der Waals surface area contributed by atoms with Gasteiger partial charge in [-0.05, 0) is 19.3 Å². The average Bonchev–Trinajstić information content (AvgIpc) is 2.38. The van der Waals surface area contributed by atoms with Gasteiger partial charge in [-0.3, -0.25) is 4.79 Å². The molecule has 1 atom stereocenters. The molecule has 5 nitrogen and oxygen atoms in total. The Hall–Kier alpha value is -0.360. The molecule has 0 aromatic carbocycles. The molecule has 1 aliphatic rings. The molecule has 1 saturated heterocycles. The van der Waals surface area contributed by atoms with Gasteiger partial charge in [-0.1, -0.05) is 13.3 Å². The van der Waals surface area contributed by atoms with Crippen LogP contribution in [0.15, 0.2) is 0 Å². The molecule has 0 bridgehead atoms. The summed E-state index contributed by atoms with van der Waals surface area (Å²) in [6.45, 7) is 5.85. The summed E-state index contributed by atoms with van der Waals surface area (Å²) in [5.74, 6) is 0.00666. The van der Waals surface area contributed by atoms with Gasteiger partial charge in [-0.2, -0.15) is 0 Å². The van der Waals surface area contributed by atoms with Crippen molar-refractivity contribution >= 4 is 18.3 Å². The lowest BCUT2D eigenvalue weighted by atomic mass is 10.0.